The van der Waals surface area contributed by atoms with Crippen molar-refractivity contribution in [3.8, 4) is 0 Å². The SMILES string of the molecule is CNS(=O)(=O)N(CC1CCCNC1)C(C)C. The van der Waals surface area contributed by atoms with Crippen LogP contribution in [0.3, 0.4) is 0 Å². The van der Waals surface area contributed by atoms with E-state index in [0.717, 1.165) is 25.9 Å². The first-order valence-corrected chi connectivity index (χ1v) is 7.32. The molecule has 1 heterocycles. The lowest BCUT2D eigenvalue weighted by Gasteiger charge is -2.31. The Balaban J connectivity index is 2.64. The lowest BCUT2D eigenvalue weighted by Crippen LogP contribution is -2.47. The average molecular weight is 249 g/mol. The fourth-order valence-corrected chi connectivity index (χ4v) is 3.23. The van der Waals surface area contributed by atoms with E-state index in [1.165, 1.54) is 7.05 Å². The lowest BCUT2D eigenvalue weighted by atomic mass is 9.99. The minimum atomic E-state index is -3.30. The van der Waals surface area contributed by atoms with Crippen LogP contribution in [0.4, 0.5) is 0 Å². The largest absolute Gasteiger partial charge is 0.316 e. The van der Waals surface area contributed by atoms with Crippen LogP contribution in [0.25, 0.3) is 0 Å². The zero-order chi connectivity index (χ0) is 12.2. The Morgan fingerprint density at radius 3 is 2.62 bits per heavy atom. The van der Waals surface area contributed by atoms with E-state index in [4.69, 9.17) is 0 Å². The first kappa shape index (κ1) is 13.9. The third kappa shape index (κ3) is 3.69. The van der Waals surface area contributed by atoms with Crippen molar-refractivity contribution in [3.05, 3.63) is 0 Å². The van der Waals surface area contributed by atoms with Crippen LogP contribution in [0.2, 0.25) is 0 Å². The van der Waals surface area contributed by atoms with Crippen molar-refractivity contribution in [2.24, 2.45) is 5.92 Å². The summed E-state index contributed by atoms with van der Waals surface area (Å²) in [5, 5.41) is 3.31. The number of hydrogen-bond acceptors (Lipinski definition) is 3. The Kier molecular flexibility index (Phi) is 5.17. The molecule has 96 valence electrons. The maximum atomic E-state index is 11.8. The molecule has 16 heavy (non-hydrogen) atoms. The molecular formula is C10H23N3O2S. The van der Waals surface area contributed by atoms with E-state index in [0.29, 0.717) is 12.5 Å². The minimum Gasteiger partial charge on any atom is -0.316 e. The van der Waals surface area contributed by atoms with Gasteiger partial charge in [0, 0.05) is 19.6 Å². The van der Waals surface area contributed by atoms with Crippen LogP contribution < -0.4 is 10.0 Å². The van der Waals surface area contributed by atoms with Gasteiger partial charge in [0.05, 0.1) is 0 Å². The molecular weight excluding hydrogens is 226 g/mol. The van der Waals surface area contributed by atoms with Crippen LogP contribution >= 0.6 is 0 Å². The highest BCUT2D eigenvalue weighted by Crippen LogP contribution is 2.15. The Labute approximate surface area is 98.8 Å². The third-order valence-electron chi connectivity index (χ3n) is 2.98. The molecule has 1 aliphatic heterocycles. The molecule has 0 aromatic rings. The topological polar surface area (TPSA) is 61.4 Å². The van der Waals surface area contributed by atoms with Gasteiger partial charge in [0.2, 0.25) is 0 Å². The van der Waals surface area contributed by atoms with Gasteiger partial charge >= 0.3 is 0 Å². The van der Waals surface area contributed by atoms with Gasteiger partial charge in [-0.25, -0.2) is 4.72 Å². The highest BCUT2D eigenvalue weighted by atomic mass is 32.2. The summed E-state index contributed by atoms with van der Waals surface area (Å²) in [7, 11) is -1.84. The van der Waals surface area contributed by atoms with Crippen LogP contribution in [0.15, 0.2) is 0 Å². The molecule has 1 fully saturated rings. The van der Waals surface area contributed by atoms with Crippen LogP contribution in [0.5, 0.6) is 0 Å². The maximum absolute atomic E-state index is 11.8. The fourth-order valence-electron chi connectivity index (χ4n) is 2.04. The number of nitrogens with one attached hydrogen (secondary N) is 2. The Morgan fingerprint density at radius 2 is 2.19 bits per heavy atom. The van der Waals surface area contributed by atoms with Crippen molar-refractivity contribution in [2.75, 3.05) is 26.7 Å². The molecule has 5 nitrogen and oxygen atoms in total. The molecule has 0 spiro atoms. The van der Waals surface area contributed by atoms with E-state index in [1.807, 2.05) is 13.8 Å². The monoisotopic (exact) mass is 249 g/mol. The Hall–Kier alpha value is -0.170. The van der Waals surface area contributed by atoms with Gasteiger partial charge < -0.3 is 5.32 Å². The van der Waals surface area contributed by atoms with Crippen molar-refractivity contribution >= 4 is 10.2 Å². The summed E-state index contributed by atoms with van der Waals surface area (Å²) < 4.78 is 27.6. The molecule has 0 aromatic heterocycles. The minimum absolute atomic E-state index is 0.000577. The summed E-state index contributed by atoms with van der Waals surface area (Å²) in [6, 6.07) is -0.000577. The second-order valence-electron chi connectivity index (χ2n) is 4.58. The smallest absolute Gasteiger partial charge is 0.279 e. The first-order valence-electron chi connectivity index (χ1n) is 5.88. The third-order valence-corrected chi connectivity index (χ3v) is 4.68. The fraction of sp³-hybridized carbons (Fsp3) is 1.00. The summed E-state index contributed by atoms with van der Waals surface area (Å²) in [6.07, 6.45) is 2.24. The van der Waals surface area contributed by atoms with Crippen molar-refractivity contribution in [2.45, 2.75) is 32.7 Å². The zero-order valence-corrected chi connectivity index (χ0v) is 11.2. The molecule has 2 N–H and O–H groups in total. The quantitative estimate of drug-likeness (QED) is 0.730. The summed E-state index contributed by atoms with van der Waals surface area (Å²) in [5.74, 6) is 0.430. The second-order valence-corrected chi connectivity index (χ2v) is 6.41. The normalized spacial score (nSPS) is 22.9. The van der Waals surface area contributed by atoms with Crippen LogP contribution in [-0.4, -0.2) is 45.4 Å². The van der Waals surface area contributed by atoms with Gasteiger partial charge in [-0.3, -0.25) is 0 Å². The van der Waals surface area contributed by atoms with E-state index in [-0.39, 0.29) is 6.04 Å². The summed E-state index contributed by atoms with van der Waals surface area (Å²) in [4.78, 5) is 0. The second kappa shape index (κ2) is 5.95. The maximum Gasteiger partial charge on any atom is 0.279 e. The Morgan fingerprint density at radius 1 is 1.50 bits per heavy atom. The molecule has 1 aliphatic rings. The van der Waals surface area contributed by atoms with Crippen LogP contribution in [-0.2, 0) is 10.2 Å². The van der Waals surface area contributed by atoms with Gasteiger partial charge in [0.1, 0.15) is 0 Å². The van der Waals surface area contributed by atoms with Crippen LogP contribution in [0.1, 0.15) is 26.7 Å². The molecule has 0 bridgehead atoms. The number of rotatable bonds is 5. The highest BCUT2D eigenvalue weighted by Gasteiger charge is 2.27. The molecule has 6 heteroatoms. The predicted molar refractivity (Wildman–Crippen MR) is 65.4 cm³/mol. The van der Waals surface area contributed by atoms with E-state index in [9.17, 15) is 8.42 Å². The van der Waals surface area contributed by atoms with E-state index >= 15 is 0 Å². The predicted octanol–water partition coefficient (Wildman–Crippen LogP) is 0.161. The number of hydrogen-bond donors (Lipinski definition) is 2. The molecule has 0 radical (unpaired) electrons. The molecule has 1 saturated heterocycles. The van der Waals surface area contributed by atoms with Crippen molar-refractivity contribution in [3.63, 3.8) is 0 Å². The highest BCUT2D eigenvalue weighted by molar-refractivity contribution is 7.87. The molecule has 0 aromatic carbocycles. The van der Waals surface area contributed by atoms with E-state index in [2.05, 4.69) is 10.0 Å². The zero-order valence-electron chi connectivity index (χ0n) is 10.4. The van der Waals surface area contributed by atoms with Gasteiger partial charge in [-0.1, -0.05) is 0 Å². The molecule has 0 saturated carbocycles. The Bertz CT molecular complexity index is 297. The first-order chi connectivity index (χ1) is 7.47. The summed E-state index contributed by atoms with van der Waals surface area (Å²) in [5.41, 5.74) is 0. The lowest BCUT2D eigenvalue weighted by molar-refractivity contribution is 0.262. The molecule has 1 atom stereocenters. The van der Waals surface area contributed by atoms with Gasteiger partial charge in [-0.15, -0.1) is 0 Å². The van der Waals surface area contributed by atoms with Gasteiger partial charge in [-0.2, -0.15) is 12.7 Å². The van der Waals surface area contributed by atoms with Gasteiger partial charge in [0.25, 0.3) is 10.2 Å². The molecule has 1 rings (SSSR count). The van der Waals surface area contributed by atoms with Crippen LogP contribution in [0, 0.1) is 5.92 Å². The number of nitrogens with zero attached hydrogens (tertiary/aromatic N) is 1. The van der Waals surface area contributed by atoms with Gasteiger partial charge in [0.15, 0.2) is 0 Å². The summed E-state index contributed by atoms with van der Waals surface area (Å²) in [6.45, 7) is 6.39. The number of piperidine rings is 1. The molecule has 0 aliphatic carbocycles. The standard InChI is InChI=1S/C10H23N3O2S/c1-9(2)13(16(14,15)11-3)8-10-5-4-6-12-7-10/h9-12H,4-8H2,1-3H3. The van der Waals surface area contributed by atoms with E-state index < -0.39 is 10.2 Å². The van der Waals surface area contributed by atoms with Gasteiger partial charge in [-0.05, 0) is 45.7 Å². The van der Waals surface area contributed by atoms with E-state index in [1.54, 1.807) is 4.31 Å². The van der Waals surface area contributed by atoms with Crippen molar-refractivity contribution in [1.29, 1.82) is 0 Å². The molecule has 1 unspecified atom stereocenters. The van der Waals surface area contributed by atoms with Crippen molar-refractivity contribution in [1.82, 2.24) is 14.3 Å². The average Bonchev–Trinajstić information content (AvgIpc) is 2.26. The van der Waals surface area contributed by atoms with Crippen molar-refractivity contribution < 1.29 is 8.42 Å². The summed E-state index contributed by atoms with van der Waals surface area (Å²) >= 11 is 0. The molecule has 0 amide bonds.